The van der Waals surface area contributed by atoms with Gasteiger partial charge in [-0.1, -0.05) is 126 Å². The van der Waals surface area contributed by atoms with Crippen molar-refractivity contribution in [2.75, 3.05) is 0 Å². The van der Waals surface area contributed by atoms with Gasteiger partial charge in [-0.3, -0.25) is 0 Å². The van der Waals surface area contributed by atoms with Crippen molar-refractivity contribution in [2.24, 2.45) is 0 Å². The molecule has 0 saturated heterocycles. The van der Waals surface area contributed by atoms with Crippen LogP contribution < -0.4 is 0 Å². The predicted octanol–water partition coefficient (Wildman–Crippen LogP) is 12.2. The van der Waals surface area contributed by atoms with E-state index in [1.54, 1.807) is 0 Å². The fourth-order valence-electron chi connectivity index (χ4n) is 6.63. The van der Waals surface area contributed by atoms with E-state index < -0.39 is 0 Å². The largest absolute Gasteiger partial charge is 0.247 e. The summed E-state index contributed by atoms with van der Waals surface area (Å²) in [6.07, 6.45) is 0. The molecule has 0 saturated carbocycles. The Morgan fingerprint density at radius 1 is 0.348 bits per heavy atom. The van der Waals surface area contributed by atoms with Crippen LogP contribution in [0.3, 0.4) is 0 Å². The van der Waals surface area contributed by atoms with E-state index in [4.69, 9.17) is 9.97 Å². The summed E-state index contributed by atoms with van der Waals surface area (Å²) in [5.41, 5.74) is 9.10. The summed E-state index contributed by atoms with van der Waals surface area (Å²) in [5, 5.41) is 9.56. The zero-order valence-corrected chi connectivity index (χ0v) is 27.4. The number of pyridine rings is 2. The van der Waals surface area contributed by atoms with Crippen molar-refractivity contribution < 1.29 is 0 Å². The fraction of sp³-hybridized carbons (Fsp3) is 0.182. The van der Waals surface area contributed by atoms with Gasteiger partial charge >= 0.3 is 0 Å². The van der Waals surface area contributed by atoms with Gasteiger partial charge in [-0.25, -0.2) is 9.97 Å². The first-order chi connectivity index (χ1) is 22.0. The Balaban J connectivity index is 1.23. The monoisotopic (exact) mass is 594 g/mol. The molecule has 0 bridgehead atoms. The number of nitrogens with zero attached hydrogens (tertiary/aromatic N) is 2. The number of hydrogen-bond donors (Lipinski definition) is 0. The van der Waals surface area contributed by atoms with Crippen molar-refractivity contribution in [1.82, 2.24) is 9.97 Å². The summed E-state index contributed by atoms with van der Waals surface area (Å²) in [7, 11) is 0. The normalized spacial score (nSPS) is 12.6. The summed E-state index contributed by atoms with van der Waals surface area (Å²) in [6, 6.07) is 44.4. The van der Waals surface area contributed by atoms with E-state index in [0.29, 0.717) is 0 Å². The summed E-state index contributed by atoms with van der Waals surface area (Å²) in [4.78, 5) is 10.5. The molecule has 0 radical (unpaired) electrons. The second kappa shape index (κ2) is 10.2. The van der Waals surface area contributed by atoms with Gasteiger partial charge in [0.25, 0.3) is 0 Å². The maximum Gasteiger partial charge on any atom is 0.0787 e. The van der Waals surface area contributed by atoms with Crippen molar-refractivity contribution in [3.05, 3.63) is 132 Å². The third-order valence-electron chi connectivity index (χ3n) is 9.52. The minimum atomic E-state index is 0.0758. The molecule has 2 heteroatoms. The van der Waals surface area contributed by atoms with E-state index in [9.17, 15) is 0 Å². The average molecular weight is 595 g/mol. The van der Waals surface area contributed by atoms with Gasteiger partial charge in [0.1, 0.15) is 0 Å². The molecule has 224 valence electrons. The summed E-state index contributed by atoms with van der Waals surface area (Å²) in [5.74, 6) is 0. The number of aromatic nitrogens is 2. The molecule has 0 fully saturated rings. The van der Waals surface area contributed by atoms with Gasteiger partial charge in [0, 0.05) is 32.7 Å². The molecule has 0 spiro atoms. The summed E-state index contributed by atoms with van der Waals surface area (Å²) in [6.45, 7) is 13.6. The Kier molecular flexibility index (Phi) is 6.31. The van der Waals surface area contributed by atoms with Crippen LogP contribution in [0.2, 0.25) is 0 Å². The molecule has 0 unspecified atom stereocenters. The summed E-state index contributed by atoms with van der Waals surface area (Å²) < 4.78 is 0. The smallest absolute Gasteiger partial charge is 0.0787 e. The molecule has 8 aromatic rings. The van der Waals surface area contributed by atoms with Crippen LogP contribution in [0.4, 0.5) is 0 Å². The lowest BCUT2D eigenvalue weighted by molar-refractivity contribution is 0.591. The van der Waals surface area contributed by atoms with E-state index in [1.165, 1.54) is 43.4 Å². The number of rotatable bonds is 2. The van der Waals surface area contributed by atoms with Gasteiger partial charge in [0.05, 0.1) is 22.4 Å². The van der Waals surface area contributed by atoms with Gasteiger partial charge < -0.3 is 0 Å². The standard InChI is InChI=1S/C44H38N2/c1-43(2,3)35-19-15-28-9-11-30-17-21-39(45-41(30)37(28)25-35)32-13-7-27-8-14-33(24-34(27)23-32)40-22-18-31-12-10-29-16-20-36(44(4,5)6)26-38(29)42(31)46-40/h7-26H,1-6H3. The van der Waals surface area contributed by atoms with Gasteiger partial charge in [0.15, 0.2) is 0 Å². The van der Waals surface area contributed by atoms with Gasteiger partial charge in [0.2, 0.25) is 0 Å². The minimum Gasteiger partial charge on any atom is -0.247 e. The Morgan fingerprint density at radius 2 is 0.717 bits per heavy atom. The molecule has 0 atom stereocenters. The lowest BCUT2D eigenvalue weighted by atomic mass is 9.85. The molecule has 2 nitrogen and oxygen atoms in total. The van der Waals surface area contributed by atoms with E-state index in [-0.39, 0.29) is 10.8 Å². The summed E-state index contributed by atoms with van der Waals surface area (Å²) >= 11 is 0. The van der Waals surface area contributed by atoms with E-state index in [0.717, 1.165) is 44.3 Å². The molecule has 0 aliphatic heterocycles. The maximum atomic E-state index is 5.26. The van der Waals surface area contributed by atoms with Crippen molar-refractivity contribution in [1.29, 1.82) is 0 Å². The first-order valence-electron chi connectivity index (χ1n) is 16.2. The third kappa shape index (κ3) is 4.90. The zero-order valence-electron chi connectivity index (χ0n) is 27.4. The Labute approximate surface area is 270 Å². The molecule has 6 aromatic carbocycles. The van der Waals surface area contributed by atoms with Gasteiger partial charge in [-0.15, -0.1) is 0 Å². The van der Waals surface area contributed by atoms with E-state index in [2.05, 4.69) is 163 Å². The molecular weight excluding hydrogens is 556 g/mol. The minimum absolute atomic E-state index is 0.0758. The Morgan fingerprint density at radius 3 is 1.15 bits per heavy atom. The SMILES string of the molecule is CC(C)(C)c1ccc2ccc3ccc(-c4ccc5ccc(-c6ccc7ccc8ccc(C(C)(C)C)cc8c7n6)cc5c4)nc3c2c1. The first-order valence-corrected chi connectivity index (χ1v) is 16.2. The van der Waals surface area contributed by atoms with Crippen LogP contribution in [-0.2, 0) is 10.8 Å². The Hall–Kier alpha value is -5.08. The molecule has 8 rings (SSSR count). The molecule has 2 aromatic heterocycles. The molecule has 0 N–H and O–H groups in total. The van der Waals surface area contributed by atoms with Crippen molar-refractivity contribution >= 4 is 54.1 Å². The van der Waals surface area contributed by atoms with Gasteiger partial charge in [-0.05, 0) is 79.9 Å². The highest BCUT2D eigenvalue weighted by Crippen LogP contribution is 2.35. The van der Waals surface area contributed by atoms with Crippen LogP contribution in [0.15, 0.2) is 121 Å². The highest BCUT2D eigenvalue weighted by molar-refractivity contribution is 6.07. The average Bonchev–Trinajstić information content (AvgIpc) is 3.05. The van der Waals surface area contributed by atoms with Crippen LogP contribution in [0.25, 0.3) is 76.6 Å². The predicted molar refractivity (Wildman–Crippen MR) is 198 cm³/mol. The number of benzene rings is 6. The Bertz CT molecular complexity index is 2320. The van der Waals surface area contributed by atoms with Gasteiger partial charge in [-0.2, -0.15) is 0 Å². The molecule has 0 amide bonds. The second-order valence-corrected chi connectivity index (χ2v) is 14.8. The lowest BCUT2D eigenvalue weighted by Gasteiger charge is -2.20. The number of hydrogen-bond acceptors (Lipinski definition) is 2. The highest BCUT2D eigenvalue weighted by Gasteiger charge is 2.17. The zero-order chi connectivity index (χ0) is 31.8. The highest BCUT2D eigenvalue weighted by atomic mass is 14.7. The number of fused-ring (bicyclic) bond motifs is 7. The molecule has 46 heavy (non-hydrogen) atoms. The van der Waals surface area contributed by atoms with Crippen LogP contribution in [-0.4, -0.2) is 9.97 Å². The van der Waals surface area contributed by atoms with E-state index >= 15 is 0 Å². The molecule has 0 aliphatic carbocycles. The molecular formula is C44H38N2. The van der Waals surface area contributed by atoms with Crippen LogP contribution in [0.5, 0.6) is 0 Å². The topological polar surface area (TPSA) is 25.8 Å². The molecule has 2 heterocycles. The van der Waals surface area contributed by atoms with Crippen molar-refractivity contribution in [3.8, 4) is 22.5 Å². The van der Waals surface area contributed by atoms with Crippen LogP contribution in [0, 0.1) is 0 Å². The second-order valence-electron chi connectivity index (χ2n) is 14.8. The first kappa shape index (κ1) is 28.4. The van der Waals surface area contributed by atoms with Crippen molar-refractivity contribution in [2.45, 2.75) is 52.4 Å². The maximum absolute atomic E-state index is 5.26. The van der Waals surface area contributed by atoms with Crippen LogP contribution in [0.1, 0.15) is 52.7 Å². The fourth-order valence-corrected chi connectivity index (χ4v) is 6.63. The molecule has 0 aliphatic rings. The van der Waals surface area contributed by atoms with Crippen LogP contribution >= 0.6 is 0 Å². The quantitative estimate of drug-likeness (QED) is 0.186. The van der Waals surface area contributed by atoms with E-state index in [1.807, 2.05) is 0 Å². The van der Waals surface area contributed by atoms with Crippen molar-refractivity contribution in [3.63, 3.8) is 0 Å². The third-order valence-corrected chi connectivity index (χ3v) is 9.52. The lowest BCUT2D eigenvalue weighted by Crippen LogP contribution is -2.10.